The van der Waals surface area contributed by atoms with Crippen LogP contribution in [0.3, 0.4) is 0 Å². The molecule has 3 rings (SSSR count). The lowest BCUT2D eigenvalue weighted by Crippen LogP contribution is -2.45. The van der Waals surface area contributed by atoms with E-state index in [-0.39, 0.29) is 23.3 Å². The fourth-order valence-electron chi connectivity index (χ4n) is 3.27. The van der Waals surface area contributed by atoms with E-state index in [2.05, 4.69) is 5.32 Å². The van der Waals surface area contributed by atoms with Crippen molar-refractivity contribution in [2.45, 2.75) is 17.7 Å². The number of methoxy groups -OCH3 is 1. The number of amides is 1. The molecule has 1 saturated heterocycles. The van der Waals surface area contributed by atoms with Crippen LogP contribution in [0.4, 0.5) is 0 Å². The first-order valence-corrected chi connectivity index (χ1v) is 10.2. The van der Waals surface area contributed by atoms with Gasteiger partial charge in [-0.3, -0.25) is 4.79 Å². The third-order valence-electron chi connectivity index (χ3n) is 4.72. The molecule has 1 aliphatic rings. The van der Waals surface area contributed by atoms with E-state index in [1.54, 1.807) is 19.2 Å². The number of sulfonamides is 1. The highest BCUT2D eigenvalue weighted by Crippen LogP contribution is 2.26. The molecule has 0 radical (unpaired) electrons. The standard InChI is InChI=1S/C19H24N2O4S/c1-25-12-10-20-19(22)17-7-4-11-21(14-17)26(23,24)18-9-8-15-5-2-3-6-16(15)13-18/h2-3,5-6,8-9,13,17H,4,7,10-12,14H2,1H3,(H,20,22)/t17-/m1/s1. The molecule has 1 atom stereocenters. The molecule has 0 aromatic heterocycles. The van der Waals surface area contributed by atoms with Gasteiger partial charge in [-0.15, -0.1) is 0 Å². The Kier molecular flexibility index (Phi) is 5.90. The maximum absolute atomic E-state index is 13.0. The molecule has 26 heavy (non-hydrogen) atoms. The lowest BCUT2D eigenvalue weighted by Gasteiger charge is -2.31. The average molecular weight is 376 g/mol. The van der Waals surface area contributed by atoms with Crippen molar-refractivity contribution in [1.82, 2.24) is 9.62 Å². The number of fused-ring (bicyclic) bond motifs is 1. The first kappa shape index (κ1) is 18.8. The van der Waals surface area contributed by atoms with Gasteiger partial charge in [0, 0.05) is 26.7 Å². The van der Waals surface area contributed by atoms with Gasteiger partial charge >= 0.3 is 0 Å². The molecule has 1 aliphatic heterocycles. The van der Waals surface area contributed by atoms with Gasteiger partial charge in [-0.2, -0.15) is 4.31 Å². The monoisotopic (exact) mass is 376 g/mol. The Morgan fingerprint density at radius 3 is 2.77 bits per heavy atom. The zero-order chi connectivity index (χ0) is 18.6. The van der Waals surface area contributed by atoms with Crippen molar-refractivity contribution in [2.75, 3.05) is 33.4 Å². The molecule has 0 aliphatic carbocycles. The van der Waals surface area contributed by atoms with Gasteiger partial charge in [-0.25, -0.2) is 8.42 Å². The zero-order valence-corrected chi connectivity index (χ0v) is 15.7. The molecular weight excluding hydrogens is 352 g/mol. The fraction of sp³-hybridized carbons (Fsp3) is 0.421. The molecule has 0 bridgehead atoms. The molecule has 0 saturated carbocycles. The van der Waals surface area contributed by atoms with E-state index in [1.165, 1.54) is 4.31 Å². The molecule has 140 valence electrons. The van der Waals surface area contributed by atoms with Crippen molar-refractivity contribution < 1.29 is 17.9 Å². The number of nitrogens with zero attached hydrogens (tertiary/aromatic N) is 1. The largest absolute Gasteiger partial charge is 0.383 e. The van der Waals surface area contributed by atoms with Gasteiger partial charge in [-0.1, -0.05) is 30.3 Å². The maximum atomic E-state index is 13.0. The molecule has 1 heterocycles. The van der Waals surface area contributed by atoms with Crippen molar-refractivity contribution in [1.29, 1.82) is 0 Å². The van der Waals surface area contributed by atoms with E-state index in [1.807, 2.05) is 30.3 Å². The summed E-state index contributed by atoms with van der Waals surface area (Å²) in [6.07, 6.45) is 1.37. The molecule has 6 nitrogen and oxygen atoms in total. The molecule has 1 amide bonds. The molecule has 2 aromatic rings. The van der Waals surface area contributed by atoms with E-state index >= 15 is 0 Å². The first-order chi connectivity index (χ1) is 12.5. The summed E-state index contributed by atoms with van der Waals surface area (Å²) < 4.78 is 32.4. The lowest BCUT2D eigenvalue weighted by atomic mass is 9.99. The molecule has 0 spiro atoms. The van der Waals surface area contributed by atoms with Crippen LogP contribution in [0.2, 0.25) is 0 Å². The third kappa shape index (κ3) is 4.06. The molecule has 1 N–H and O–H groups in total. The second-order valence-corrected chi connectivity index (χ2v) is 8.43. The Labute approximate surface area is 154 Å². The smallest absolute Gasteiger partial charge is 0.243 e. The third-order valence-corrected chi connectivity index (χ3v) is 6.58. The van der Waals surface area contributed by atoms with Gasteiger partial charge in [-0.05, 0) is 35.7 Å². The van der Waals surface area contributed by atoms with E-state index in [0.717, 1.165) is 10.8 Å². The van der Waals surface area contributed by atoms with Gasteiger partial charge in [0.2, 0.25) is 15.9 Å². The predicted octanol–water partition coefficient (Wildman–Crippen LogP) is 2.00. The Morgan fingerprint density at radius 2 is 2.00 bits per heavy atom. The number of carbonyl (C=O) groups excluding carboxylic acids is 1. The molecule has 1 fully saturated rings. The SMILES string of the molecule is COCCNC(=O)[C@@H]1CCCN(S(=O)(=O)c2ccc3ccccc3c2)C1. The summed E-state index contributed by atoms with van der Waals surface area (Å²) in [6, 6.07) is 12.8. The number of nitrogens with one attached hydrogen (secondary N) is 1. The normalized spacial score (nSPS) is 18.7. The van der Waals surface area contributed by atoms with Crippen molar-refractivity contribution in [2.24, 2.45) is 5.92 Å². The van der Waals surface area contributed by atoms with Crippen LogP contribution in [0, 0.1) is 5.92 Å². The minimum Gasteiger partial charge on any atom is -0.383 e. The van der Waals surface area contributed by atoms with Gasteiger partial charge in [0.05, 0.1) is 17.4 Å². The number of carbonyl (C=O) groups is 1. The van der Waals surface area contributed by atoms with Gasteiger partial charge in [0.15, 0.2) is 0 Å². The summed E-state index contributed by atoms with van der Waals surface area (Å²) in [5.74, 6) is -0.434. The summed E-state index contributed by atoms with van der Waals surface area (Å²) >= 11 is 0. The van der Waals surface area contributed by atoms with Crippen molar-refractivity contribution in [3.63, 3.8) is 0 Å². The van der Waals surface area contributed by atoms with Crippen LogP contribution in [0.15, 0.2) is 47.4 Å². The van der Waals surface area contributed by atoms with Crippen LogP contribution >= 0.6 is 0 Å². The average Bonchev–Trinajstić information content (AvgIpc) is 2.67. The quantitative estimate of drug-likeness (QED) is 0.783. The Balaban J connectivity index is 1.76. The van der Waals surface area contributed by atoms with Crippen LogP contribution in [0.25, 0.3) is 10.8 Å². The highest BCUT2D eigenvalue weighted by Gasteiger charge is 2.33. The highest BCUT2D eigenvalue weighted by molar-refractivity contribution is 7.89. The van der Waals surface area contributed by atoms with Crippen molar-refractivity contribution in [3.05, 3.63) is 42.5 Å². The molecule has 2 aromatic carbocycles. The number of benzene rings is 2. The fourth-order valence-corrected chi connectivity index (χ4v) is 4.83. The summed E-state index contributed by atoms with van der Waals surface area (Å²) in [5, 5.41) is 4.69. The van der Waals surface area contributed by atoms with Crippen LogP contribution in [-0.4, -0.2) is 52.0 Å². The van der Waals surface area contributed by atoms with Crippen LogP contribution in [-0.2, 0) is 19.6 Å². The number of rotatable bonds is 6. The van der Waals surface area contributed by atoms with Crippen molar-refractivity contribution >= 4 is 26.7 Å². The van der Waals surface area contributed by atoms with Crippen LogP contribution in [0.5, 0.6) is 0 Å². The van der Waals surface area contributed by atoms with E-state index in [4.69, 9.17) is 4.74 Å². The second-order valence-electron chi connectivity index (χ2n) is 6.49. The Hall–Kier alpha value is -1.96. The topological polar surface area (TPSA) is 75.7 Å². The summed E-state index contributed by atoms with van der Waals surface area (Å²) in [4.78, 5) is 12.5. The molecular formula is C19H24N2O4S. The molecule has 7 heteroatoms. The number of piperidine rings is 1. The maximum Gasteiger partial charge on any atom is 0.243 e. The highest BCUT2D eigenvalue weighted by atomic mass is 32.2. The van der Waals surface area contributed by atoms with Crippen LogP contribution < -0.4 is 5.32 Å². The summed E-state index contributed by atoms with van der Waals surface area (Å²) in [5.41, 5.74) is 0. The van der Waals surface area contributed by atoms with Gasteiger partial charge in [0.1, 0.15) is 0 Å². The van der Waals surface area contributed by atoms with Gasteiger partial charge in [0.25, 0.3) is 0 Å². The number of hydrogen-bond donors (Lipinski definition) is 1. The Bertz CT molecular complexity index is 882. The first-order valence-electron chi connectivity index (χ1n) is 8.78. The van der Waals surface area contributed by atoms with Gasteiger partial charge < -0.3 is 10.1 Å². The minimum absolute atomic E-state index is 0.111. The van der Waals surface area contributed by atoms with E-state index < -0.39 is 10.0 Å². The number of hydrogen-bond acceptors (Lipinski definition) is 4. The predicted molar refractivity (Wildman–Crippen MR) is 100 cm³/mol. The summed E-state index contributed by atoms with van der Waals surface area (Å²) in [6.45, 7) is 1.53. The van der Waals surface area contributed by atoms with Crippen molar-refractivity contribution in [3.8, 4) is 0 Å². The van der Waals surface area contributed by atoms with E-state index in [0.29, 0.717) is 32.5 Å². The molecule has 0 unspecified atom stereocenters. The number of ether oxygens (including phenoxy) is 1. The Morgan fingerprint density at radius 1 is 1.23 bits per heavy atom. The lowest BCUT2D eigenvalue weighted by molar-refractivity contribution is -0.126. The zero-order valence-electron chi connectivity index (χ0n) is 14.8. The van der Waals surface area contributed by atoms with E-state index in [9.17, 15) is 13.2 Å². The minimum atomic E-state index is -3.62. The second kappa shape index (κ2) is 8.16. The summed E-state index contributed by atoms with van der Waals surface area (Å²) in [7, 11) is -2.04. The van der Waals surface area contributed by atoms with Crippen LogP contribution in [0.1, 0.15) is 12.8 Å².